The molecule has 1 fully saturated rings. The van der Waals surface area contributed by atoms with Crippen LogP contribution in [0.5, 0.6) is 0 Å². The molecular formula is C12H16BrNO2S. The van der Waals surface area contributed by atoms with E-state index in [4.69, 9.17) is 4.74 Å². The molecule has 0 radical (unpaired) electrons. The highest BCUT2D eigenvalue weighted by Crippen LogP contribution is 2.24. The van der Waals surface area contributed by atoms with Crippen LogP contribution in [0.1, 0.15) is 22.5 Å². The molecule has 0 bridgehead atoms. The highest BCUT2D eigenvalue weighted by molar-refractivity contribution is 9.10. The molecule has 1 aromatic heterocycles. The minimum absolute atomic E-state index is 0.198. The van der Waals surface area contributed by atoms with Gasteiger partial charge in [0.2, 0.25) is 0 Å². The van der Waals surface area contributed by atoms with E-state index in [-0.39, 0.29) is 11.9 Å². The Balaban J connectivity index is 1.93. The first kappa shape index (κ1) is 13.2. The zero-order chi connectivity index (χ0) is 12.3. The van der Waals surface area contributed by atoms with E-state index >= 15 is 0 Å². The Morgan fingerprint density at radius 3 is 3.18 bits per heavy atom. The predicted octanol–water partition coefficient (Wildman–Crippen LogP) is 2.80. The molecule has 1 unspecified atom stereocenters. The highest BCUT2D eigenvalue weighted by Gasteiger charge is 2.22. The molecule has 94 valence electrons. The van der Waals surface area contributed by atoms with Gasteiger partial charge in [0.15, 0.2) is 5.78 Å². The van der Waals surface area contributed by atoms with Crippen molar-refractivity contribution in [2.75, 3.05) is 26.7 Å². The number of nitrogens with zero attached hydrogens (tertiary/aromatic N) is 1. The summed E-state index contributed by atoms with van der Waals surface area (Å²) in [4.78, 5) is 15.1. The number of ether oxygens (including phenoxy) is 1. The highest BCUT2D eigenvalue weighted by atomic mass is 79.9. The summed E-state index contributed by atoms with van der Waals surface area (Å²) in [7, 11) is 1.74. The van der Waals surface area contributed by atoms with Crippen molar-refractivity contribution < 1.29 is 9.53 Å². The number of ketones is 1. The van der Waals surface area contributed by atoms with E-state index in [1.165, 1.54) is 11.3 Å². The largest absolute Gasteiger partial charge is 0.380 e. The molecule has 0 N–H and O–H groups in total. The van der Waals surface area contributed by atoms with Gasteiger partial charge >= 0.3 is 0 Å². The van der Waals surface area contributed by atoms with Crippen molar-refractivity contribution in [1.29, 1.82) is 0 Å². The third kappa shape index (κ3) is 3.37. The number of halogens is 1. The topological polar surface area (TPSA) is 29.5 Å². The average molecular weight is 318 g/mol. The van der Waals surface area contributed by atoms with Crippen molar-refractivity contribution in [2.24, 2.45) is 0 Å². The molecule has 1 saturated heterocycles. The fourth-order valence-electron chi connectivity index (χ4n) is 2.12. The molecule has 0 aromatic carbocycles. The van der Waals surface area contributed by atoms with E-state index in [9.17, 15) is 4.79 Å². The number of hydrogen-bond donors (Lipinski definition) is 0. The summed E-state index contributed by atoms with van der Waals surface area (Å²) in [6.45, 7) is 2.36. The quantitative estimate of drug-likeness (QED) is 0.800. The second-order valence-corrected chi connectivity index (χ2v) is 6.03. The van der Waals surface area contributed by atoms with Gasteiger partial charge in [0.25, 0.3) is 0 Å². The Labute approximate surface area is 114 Å². The summed E-state index contributed by atoms with van der Waals surface area (Å²) in [6.07, 6.45) is 2.49. The summed E-state index contributed by atoms with van der Waals surface area (Å²) in [6, 6.07) is 1.92. The average Bonchev–Trinajstić information content (AvgIpc) is 2.76. The summed E-state index contributed by atoms with van der Waals surface area (Å²) >= 11 is 4.90. The SMILES string of the molecule is COC1CCCN(CC(=O)c2sccc2Br)C1. The van der Waals surface area contributed by atoms with E-state index in [1.807, 2.05) is 11.4 Å². The zero-order valence-electron chi connectivity index (χ0n) is 9.82. The number of hydrogen-bond acceptors (Lipinski definition) is 4. The van der Waals surface area contributed by atoms with Crippen LogP contribution >= 0.6 is 27.3 Å². The summed E-state index contributed by atoms with van der Waals surface area (Å²) < 4.78 is 6.27. The summed E-state index contributed by atoms with van der Waals surface area (Å²) in [5.74, 6) is 0.198. The van der Waals surface area contributed by atoms with E-state index < -0.39 is 0 Å². The molecule has 0 amide bonds. The van der Waals surface area contributed by atoms with Gasteiger partial charge in [-0.1, -0.05) is 0 Å². The van der Waals surface area contributed by atoms with Gasteiger partial charge in [-0.25, -0.2) is 0 Å². The number of carbonyl (C=O) groups excluding carboxylic acids is 1. The lowest BCUT2D eigenvalue weighted by molar-refractivity contribution is 0.0315. The second-order valence-electron chi connectivity index (χ2n) is 4.26. The molecule has 2 heterocycles. The molecule has 1 aliphatic rings. The third-order valence-corrected chi connectivity index (χ3v) is 4.91. The molecule has 0 spiro atoms. The minimum Gasteiger partial charge on any atom is -0.380 e. The van der Waals surface area contributed by atoms with Gasteiger partial charge in [-0.2, -0.15) is 0 Å². The van der Waals surface area contributed by atoms with Gasteiger partial charge in [-0.15, -0.1) is 11.3 Å². The van der Waals surface area contributed by atoms with Gasteiger partial charge in [0.05, 0.1) is 17.5 Å². The van der Waals surface area contributed by atoms with Crippen LogP contribution in [0.25, 0.3) is 0 Å². The molecule has 3 nitrogen and oxygen atoms in total. The first-order valence-electron chi connectivity index (χ1n) is 5.72. The molecule has 5 heteroatoms. The molecule has 17 heavy (non-hydrogen) atoms. The molecule has 0 aliphatic carbocycles. The Morgan fingerprint density at radius 2 is 2.53 bits per heavy atom. The van der Waals surface area contributed by atoms with Crippen molar-refractivity contribution in [3.8, 4) is 0 Å². The second kappa shape index (κ2) is 6.09. The summed E-state index contributed by atoms with van der Waals surface area (Å²) in [5.41, 5.74) is 0. The number of thiophene rings is 1. The van der Waals surface area contributed by atoms with Crippen LogP contribution < -0.4 is 0 Å². The maximum absolute atomic E-state index is 12.1. The van der Waals surface area contributed by atoms with Gasteiger partial charge in [-0.3, -0.25) is 9.69 Å². The van der Waals surface area contributed by atoms with Gasteiger partial charge < -0.3 is 4.74 Å². The molecular weight excluding hydrogens is 302 g/mol. The Bertz CT molecular complexity index is 394. The Kier molecular flexibility index (Phi) is 4.73. The van der Waals surface area contributed by atoms with Crippen LogP contribution in [-0.2, 0) is 4.74 Å². The van der Waals surface area contributed by atoms with Crippen LogP contribution in [0.2, 0.25) is 0 Å². The fourth-order valence-corrected chi connectivity index (χ4v) is 3.64. The van der Waals surface area contributed by atoms with E-state index in [0.29, 0.717) is 6.54 Å². The van der Waals surface area contributed by atoms with Crippen molar-refractivity contribution in [2.45, 2.75) is 18.9 Å². The number of piperidine rings is 1. The normalized spacial score (nSPS) is 21.6. The van der Waals surface area contributed by atoms with Crippen LogP contribution in [0, 0.1) is 0 Å². The number of likely N-dealkylation sites (tertiary alicyclic amines) is 1. The monoisotopic (exact) mass is 317 g/mol. The predicted molar refractivity (Wildman–Crippen MR) is 72.8 cm³/mol. The van der Waals surface area contributed by atoms with E-state index in [1.54, 1.807) is 7.11 Å². The first-order valence-corrected chi connectivity index (χ1v) is 7.39. The van der Waals surface area contributed by atoms with E-state index in [0.717, 1.165) is 35.3 Å². The molecule has 2 rings (SSSR count). The molecule has 1 aliphatic heterocycles. The van der Waals surface area contributed by atoms with Gasteiger partial charge in [0.1, 0.15) is 0 Å². The standard InChI is InChI=1S/C12H16BrNO2S/c1-16-9-3-2-5-14(7-9)8-11(15)12-10(13)4-6-17-12/h4,6,9H,2-3,5,7-8H2,1H3. The van der Waals surface area contributed by atoms with Gasteiger partial charge in [0, 0.05) is 18.1 Å². The lowest BCUT2D eigenvalue weighted by Gasteiger charge is -2.31. The maximum atomic E-state index is 12.1. The lowest BCUT2D eigenvalue weighted by atomic mass is 10.1. The van der Waals surface area contributed by atoms with Crippen molar-refractivity contribution in [3.63, 3.8) is 0 Å². The number of rotatable bonds is 4. The van der Waals surface area contributed by atoms with Crippen molar-refractivity contribution >= 4 is 33.0 Å². The van der Waals surface area contributed by atoms with Crippen molar-refractivity contribution in [1.82, 2.24) is 4.90 Å². The fraction of sp³-hybridized carbons (Fsp3) is 0.583. The number of Topliss-reactive ketones (excluding diaryl/α,β-unsaturated/α-hetero) is 1. The molecule has 1 atom stereocenters. The van der Waals surface area contributed by atoms with Crippen molar-refractivity contribution in [3.05, 3.63) is 20.8 Å². The minimum atomic E-state index is 0.198. The summed E-state index contributed by atoms with van der Waals surface area (Å²) in [5, 5.41) is 1.94. The first-order chi connectivity index (χ1) is 8.20. The molecule has 1 aromatic rings. The Morgan fingerprint density at radius 1 is 1.71 bits per heavy atom. The zero-order valence-corrected chi connectivity index (χ0v) is 12.2. The number of methoxy groups -OCH3 is 1. The Hall–Kier alpha value is -0.230. The van der Waals surface area contributed by atoms with Crippen LogP contribution in [0.4, 0.5) is 0 Å². The van der Waals surface area contributed by atoms with Crippen LogP contribution in [-0.4, -0.2) is 43.5 Å². The van der Waals surface area contributed by atoms with Gasteiger partial charge in [-0.05, 0) is 46.8 Å². The maximum Gasteiger partial charge on any atom is 0.187 e. The van der Waals surface area contributed by atoms with E-state index in [2.05, 4.69) is 20.8 Å². The third-order valence-electron chi connectivity index (χ3n) is 3.03. The lowest BCUT2D eigenvalue weighted by Crippen LogP contribution is -2.41. The smallest absolute Gasteiger partial charge is 0.187 e. The van der Waals surface area contributed by atoms with Crippen LogP contribution in [0.15, 0.2) is 15.9 Å². The molecule has 0 saturated carbocycles. The number of carbonyl (C=O) groups is 1. The van der Waals surface area contributed by atoms with Crippen LogP contribution in [0.3, 0.4) is 0 Å².